The van der Waals surface area contributed by atoms with Crippen molar-refractivity contribution in [2.24, 2.45) is 11.8 Å². The van der Waals surface area contributed by atoms with Crippen molar-refractivity contribution in [2.45, 2.75) is 71.1 Å². The quantitative estimate of drug-likeness (QED) is 0.627. The Bertz CT molecular complexity index is 769. The first-order valence-corrected chi connectivity index (χ1v) is 11.6. The highest BCUT2D eigenvalue weighted by atomic mass is 32.2. The molecule has 0 aromatic carbocycles. The summed E-state index contributed by atoms with van der Waals surface area (Å²) in [6.45, 7) is 8.75. The second-order valence-electron chi connectivity index (χ2n) is 8.01. The van der Waals surface area contributed by atoms with Crippen LogP contribution in [0.2, 0.25) is 0 Å². The molecule has 0 unspecified atom stereocenters. The van der Waals surface area contributed by atoms with Gasteiger partial charge in [0.1, 0.15) is 0 Å². The highest BCUT2D eigenvalue weighted by Gasteiger charge is 2.21. The van der Waals surface area contributed by atoms with Gasteiger partial charge in [-0.3, -0.25) is 4.79 Å². The second kappa shape index (κ2) is 9.24. The molecule has 1 aliphatic carbocycles. The van der Waals surface area contributed by atoms with Crippen LogP contribution in [-0.2, 0) is 17.6 Å². The molecule has 0 bridgehead atoms. The van der Waals surface area contributed by atoms with E-state index in [0.717, 1.165) is 36.5 Å². The van der Waals surface area contributed by atoms with Crippen LogP contribution in [0.3, 0.4) is 0 Å². The van der Waals surface area contributed by atoms with Crippen LogP contribution in [0.1, 0.15) is 57.4 Å². The van der Waals surface area contributed by atoms with Crippen molar-refractivity contribution in [2.75, 3.05) is 5.75 Å². The predicted molar refractivity (Wildman–Crippen MR) is 111 cm³/mol. The van der Waals surface area contributed by atoms with E-state index in [1.54, 1.807) is 11.3 Å². The number of carbonyl (C=O) groups excluding carboxylic acids is 1. The minimum absolute atomic E-state index is 0.0107. The summed E-state index contributed by atoms with van der Waals surface area (Å²) in [5, 5.41) is 11.8. The number of amides is 1. The third-order valence-corrected chi connectivity index (χ3v) is 6.90. The first-order chi connectivity index (χ1) is 12.9. The number of thiophene rings is 1. The number of nitrogens with one attached hydrogen (secondary N) is 1. The summed E-state index contributed by atoms with van der Waals surface area (Å²) >= 11 is 3.06. The van der Waals surface area contributed by atoms with E-state index in [4.69, 9.17) is 4.42 Å². The molecule has 2 heterocycles. The van der Waals surface area contributed by atoms with Gasteiger partial charge in [0.25, 0.3) is 11.1 Å². The average molecular weight is 408 g/mol. The molecule has 0 saturated heterocycles. The standard InChI is InChI=1S/C20H29N3O2S2/c1-12(2)5-7-14(4)21-18(24)11-26-20-23-22-19(25-20)17-10-15-9-13(3)6-8-16(15)27-17/h10,12-14H,5-9,11H2,1-4H3,(H,21,24)/t13-,14+/m1/s1. The molecule has 2 atom stereocenters. The predicted octanol–water partition coefficient (Wildman–Crippen LogP) is 4.96. The summed E-state index contributed by atoms with van der Waals surface area (Å²) in [4.78, 5) is 14.6. The monoisotopic (exact) mass is 407 g/mol. The van der Waals surface area contributed by atoms with E-state index in [2.05, 4.69) is 49.3 Å². The molecule has 0 fully saturated rings. The molecule has 27 heavy (non-hydrogen) atoms. The third kappa shape index (κ3) is 5.82. The first-order valence-electron chi connectivity index (χ1n) is 9.78. The molecule has 2 aromatic rings. The Kier molecular flexibility index (Phi) is 6.98. The molecule has 0 saturated carbocycles. The molecule has 1 amide bonds. The van der Waals surface area contributed by atoms with Crippen LogP contribution in [0.15, 0.2) is 15.7 Å². The fourth-order valence-corrected chi connectivity index (χ4v) is 4.98. The molecule has 0 aliphatic heterocycles. The van der Waals surface area contributed by atoms with Gasteiger partial charge < -0.3 is 9.73 Å². The van der Waals surface area contributed by atoms with Crippen LogP contribution in [0.5, 0.6) is 0 Å². The maximum atomic E-state index is 12.1. The maximum absolute atomic E-state index is 12.1. The molecule has 5 nitrogen and oxygen atoms in total. The van der Waals surface area contributed by atoms with Crippen molar-refractivity contribution in [1.29, 1.82) is 0 Å². The lowest BCUT2D eigenvalue weighted by Gasteiger charge is -2.16. The molecule has 7 heteroatoms. The van der Waals surface area contributed by atoms with Crippen molar-refractivity contribution in [1.82, 2.24) is 15.5 Å². The maximum Gasteiger partial charge on any atom is 0.277 e. The SMILES string of the molecule is CC(C)CC[C@H](C)NC(=O)CSc1nnc(-c2cc3c(s2)CC[C@@H](C)C3)o1. The summed E-state index contributed by atoms with van der Waals surface area (Å²) in [6, 6.07) is 2.39. The van der Waals surface area contributed by atoms with Crippen LogP contribution in [0, 0.1) is 11.8 Å². The minimum atomic E-state index is 0.0107. The van der Waals surface area contributed by atoms with E-state index in [9.17, 15) is 4.79 Å². The van der Waals surface area contributed by atoms with Crippen LogP contribution < -0.4 is 5.32 Å². The number of rotatable bonds is 8. The summed E-state index contributed by atoms with van der Waals surface area (Å²) in [5.41, 5.74) is 1.43. The molecule has 1 aliphatic rings. The highest BCUT2D eigenvalue weighted by Crippen LogP contribution is 2.37. The molecule has 1 N–H and O–H groups in total. The molecule has 3 rings (SSSR count). The number of thioether (sulfide) groups is 1. The molecule has 0 spiro atoms. The third-order valence-electron chi connectivity index (χ3n) is 4.86. The van der Waals surface area contributed by atoms with Crippen molar-refractivity contribution in [3.05, 3.63) is 16.5 Å². The van der Waals surface area contributed by atoms with Gasteiger partial charge in [0.2, 0.25) is 5.91 Å². The van der Waals surface area contributed by atoms with Crippen molar-refractivity contribution >= 4 is 29.0 Å². The molecule has 0 radical (unpaired) electrons. The van der Waals surface area contributed by atoms with Crippen molar-refractivity contribution < 1.29 is 9.21 Å². The van der Waals surface area contributed by atoms with E-state index in [-0.39, 0.29) is 11.9 Å². The van der Waals surface area contributed by atoms with Crippen molar-refractivity contribution in [3.63, 3.8) is 0 Å². The van der Waals surface area contributed by atoms with E-state index in [1.807, 2.05) is 0 Å². The fraction of sp³-hybridized carbons (Fsp3) is 0.650. The lowest BCUT2D eigenvalue weighted by molar-refractivity contribution is -0.119. The first kappa shape index (κ1) is 20.4. The Morgan fingerprint density at radius 2 is 2.19 bits per heavy atom. The Balaban J connectivity index is 1.50. The summed E-state index contributed by atoms with van der Waals surface area (Å²) < 4.78 is 5.78. The smallest absolute Gasteiger partial charge is 0.277 e. The lowest BCUT2D eigenvalue weighted by atomic mass is 9.90. The lowest BCUT2D eigenvalue weighted by Crippen LogP contribution is -2.34. The Morgan fingerprint density at radius 1 is 1.37 bits per heavy atom. The van der Waals surface area contributed by atoms with Gasteiger partial charge in [-0.15, -0.1) is 21.5 Å². The number of hydrogen-bond acceptors (Lipinski definition) is 6. The van der Waals surface area contributed by atoms with E-state index < -0.39 is 0 Å². The molecule has 2 aromatic heterocycles. The van der Waals surface area contributed by atoms with E-state index in [0.29, 0.717) is 22.8 Å². The fourth-order valence-electron chi connectivity index (χ4n) is 3.28. The van der Waals surface area contributed by atoms with E-state index in [1.165, 1.54) is 28.6 Å². The Hall–Kier alpha value is -1.34. The molecule has 148 valence electrons. The van der Waals surface area contributed by atoms with Gasteiger partial charge in [-0.1, -0.05) is 32.5 Å². The van der Waals surface area contributed by atoms with Gasteiger partial charge in [-0.25, -0.2) is 0 Å². The Morgan fingerprint density at radius 3 is 2.96 bits per heavy atom. The second-order valence-corrected chi connectivity index (χ2v) is 10.1. The van der Waals surface area contributed by atoms with Crippen LogP contribution in [0.4, 0.5) is 0 Å². The summed E-state index contributed by atoms with van der Waals surface area (Å²) in [7, 11) is 0. The number of hydrogen-bond donors (Lipinski definition) is 1. The molecular formula is C20H29N3O2S2. The van der Waals surface area contributed by atoms with Crippen LogP contribution in [0.25, 0.3) is 10.8 Å². The largest absolute Gasteiger partial charge is 0.410 e. The Labute approximate surface area is 169 Å². The number of aryl methyl sites for hydroxylation is 1. The number of fused-ring (bicyclic) bond motifs is 1. The highest BCUT2D eigenvalue weighted by molar-refractivity contribution is 7.99. The molecular weight excluding hydrogens is 378 g/mol. The summed E-state index contributed by atoms with van der Waals surface area (Å²) in [6.07, 6.45) is 5.65. The minimum Gasteiger partial charge on any atom is -0.410 e. The van der Waals surface area contributed by atoms with Gasteiger partial charge in [0, 0.05) is 10.9 Å². The summed E-state index contributed by atoms with van der Waals surface area (Å²) in [5.74, 6) is 2.27. The number of carbonyl (C=O) groups is 1. The van der Waals surface area contributed by atoms with Gasteiger partial charge in [-0.05, 0) is 62.5 Å². The van der Waals surface area contributed by atoms with Crippen LogP contribution in [-0.4, -0.2) is 27.9 Å². The van der Waals surface area contributed by atoms with Gasteiger partial charge in [0.15, 0.2) is 0 Å². The number of nitrogens with zero attached hydrogens (tertiary/aromatic N) is 2. The van der Waals surface area contributed by atoms with Crippen LogP contribution >= 0.6 is 23.1 Å². The zero-order chi connectivity index (χ0) is 19.4. The van der Waals surface area contributed by atoms with Gasteiger partial charge in [0.05, 0.1) is 10.6 Å². The zero-order valence-electron chi connectivity index (χ0n) is 16.6. The topological polar surface area (TPSA) is 68.0 Å². The average Bonchev–Trinajstić information content (AvgIpc) is 3.24. The normalized spacial score (nSPS) is 17.7. The van der Waals surface area contributed by atoms with Gasteiger partial charge >= 0.3 is 0 Å². The zero-order valence-corrected chi connectivity index (χ0v) is 18.2. The number of aromatic nitrogens is 2. The van der Waals surface area contributed by atoms with Crippen molar-refractivity contribution in [3.8, 4) is 10.8 Å². The van der Waals surface area contributed by atoms with Gasteiger partial charge in [-0.2, -0.15) is 0 Å². The van der Waals surface area contributed by atoms with E-state index >= 15 is 0 Å².